The number of methoxy groups -OCH3 is 3. The van der Waals surface area contributed by atoms with Crippen LogP contribution in [0.3, 0.4) is 0 Å². The number of carbonyl (C=O) groups is 2. The quantitative estimate of drug-likeness (QED) is 0.301. The number of hydrogen-bond acceptors (Lipinski definition) is 9. The molecular weight excluding hydrogens is 509 g/mol. The van der Waals surface area contributed by atoms with Crippen molar-refractivity contribution < 1.29 is 32.9 Å². The third-order valence-corrected chi connectivity index (χ3v) is 6.27. The van der Waals surface area contributed by atoms with Gasteiger partial charge in [0.1, 0.15) is 28.2 Å². The second-order valence-corrected chi connectivity index (χ2v) is 8.70. The summed E-state index contributed by atoms with van der Waals surface area (Å²) in [5.41, 5.74) is 0.372. The van der Waals surface area contributed by atoms with Gasteiger partial charge < -0.3 is 29.6 Å². The van der Waals surface area contributed by atoms with Gasteiger partial charge in [0.2, 0.25) is 17.7 Å². The third-order valence-electron chi connectivity index (χ3n) is 6.27. The zero-order valence-corrected chi connectivity index (χ0v) is 21.3. The second-order valence-electron chi connectivity index (χ2n) is 8.70. The van der Waals surface area contributed by atoms with Crippen molar-refractivity contribution in [3.8, 4) is 29.0 Å². The molecule has 5 rings (SSSR count). The molecule has 0 aliphatic heterocycles. The second kappa shape index (κ2) is 10.4. The van der Waals surface area contributed by atoms with Gasteiger partial charge in [-0.05, 0) is 37.1 Å². The molecule has 0 saturated heterocycles. The summed E-state index contributed by atoms with van der Waals surface area (Å²) in [4.78, 5) is 39.0. The number of carbonyl (C=O) groups excluding carboxylic acids is 2. The lowest BCUT2D eigenvalue weighted by Gasteiger charge is -2.17. The standard InChI is InChI=1S/C27H24FN5O6/c1-36-20-13-22(39-19-8-11-29-17-12-21(37-2)24(38-3)33-23(17)19)30-14-18(20)32-26(35)27(9-10-27)25(34)31-16-6-4-15(28)5-7-16/h4-8,11-14H,9-10H2,1-3H3,(H,31,34)(H,32,35). The third kappa shape index (κ3) is 5.08. The minimum atomic E-state index is -1.24. The van der Waals surface area contributed by atoms with Crippen molar-refractivity contribution in [2.45, 2.75) is 12.8 Å². The van der Waals surface area contributed by atoms with Crippen molar-refractivity contribution in [2.75, 3.05) is 32.0 Å². The number of benzene rings is 1. The molecule has 1 aliphatic carbocycles. The number of ether oxygens (including phenoxy) is 4. The molecule has 0 radical (unpaired) electrons. The Morgan fingerprint density at radius 2 is 1.59 bits per heavy atom. The molecule has 0 bridgehead atoms. The van der Waals surface area contributed by atoms with Crippen LogP contribution < -0.4 is 29.6 Å². The van der Waals surface area contributed by atoms with E-state index in [0.29, 0.717) is 41.1 Å². The number of fused-ring (bicyclic) bond motifs is 1. The molecule has 4 aromatic rings. The van der Waals surface area contributed by atoms with Crippen LogP contribution in [-0.4, -0.2) is 48.1 Å². The molecule has 3 heterocycles. The van der Waals surface area contributed by atoms with Gasteiger partial charge in [-0.15, -0.1) is 0 Å². The zero-order valence-electron chi connectivity index (χ0n) is 21.3. The first-order valence-electron chi connectivity index (χ1n) is 11.8. The number of nitrogens with zero attached hydrogens (tertiary/aromatic N) is 3. The van der Waals surface area contributed by atoms with Crippen LogP contribution in [0.1, 0.15) is 12.8 Å². The van der Waals surface area contributed by atoms with Crippen LogP contribution in [0, 0.1) is 11.2 Å². The van der Waals surface area contributed by atoms with Crippen molar-refractivity contribution in [3.05, 3.63) is 60.7 Å². The van der Waals surface area contributed by atoms with E-state index in [1.807, 2.05) is 0 Å². The summed E-state index contributed by atoms with van der Waals surface area (Å²) >= 11 is 0. The van der Waals surface area contributed by atoms with Crippen molar-refractivity contribution in [3.63, 3.8) is 0 Å². The lowest BCUT2D eigenvalue weighted by molar-refractivity contribution is -0.131. The van der Waals surface area contributed by atoms with Crippen LogP contribution in [0.4, 0.5) is 15.8 Å². The lowest BCUT2D eigenvalue weighted by Crippen LogP contribution is -2.35. The molecular formula is C27H24FN5O6. The maximum atomic E-state index is 13.2. The highest BCUT2D eigenvalue weighted by Gasteiger charge is 2.56. The first-order valence-corrected chi connectivity index (χ1v) is 11.8. The summed E-state index contributed by atoms with van der Waals surface area (Å²) < 4.78 is 35.2. The molecule has 0 atom stereocenters. The SMILES string of the molecule is COc1cc(Oc2ccnc3cc(OC)c(OC)nc23)ncc1NC(=O)C1(C(=O)Nc2ccc(F)cc2)CC1. The van der Waals surface area contributed by atoms with Gasteiger partial charge in [-0.2, -0.15) is 0 Å². The molecule has 1 saturated carbocycles. The summed E-state index contributed by atoms with van der Waals surface area (Å²) in [6.45, 7) is 0. The van der Waals surface area contributed by atoms with Crippen LogP contribution in [0.2, 0.25) is 0 Å². The molecule has 3 aromatic heterocycles. The van der Waals surface area contributed by atoms with E-state index in [-0.39, 0.29) is 23.2 Å². The van der Waals surface area contributed by atoms with Gasteiger partial charge in [0.05, 0.1) is 33.0 Å². The van der Waals surface area contributed by atoms with E-state index in [0.717, 1.165) is 0 Å². The van der Waals surface area contributed by atoms with Gasteiger partial charge in [-0.25, -0.2) is 14.4 Å². The normalized spacial score (nSPS) is 13.3. The molecule has 1 aliphatic rings. The van der Waals surface area contributed by atoms with Gasteiger partial charge in [-0.1, -0.05) is 0 Å². The molecule has 11 nitrogen and oxygen atoms in total. The summed E-state index contributed by atoms with van der Waals surface area (Å²) in [7, 11) is 4.42. The van der Waals surface area contributed by atoms with E-state index in [4.69, 9.17) is 18.9 Å². The average molecular weight is 534 g/mol. The molecule has 1 fully saturated rings. The predicted octanol–water partition coefficient (Wildman–Crippen LogP) is 4.34. The average Bonchev–Trinajstić information content (AvgIpc) is 3.77. The Labute approximate surface area is 222 Å². The Bertz CT molecular complexity index is 1560. The molecule has 0 unspecified atom stereocenters. The van der Waals surface area contributed by atoms with Crippen molar-refractivity contribution in [1.82, 2.24) is 15.0 Å². The smallest absolute Gasteiger partial charge is 0.257 e. The number of anilines is 2. The van der Waals surface area contributed by atoms with Crippen molar-refractivity contribution in [1.29, 1.82) is 0 Å². The van der Waals surface area contributed by atoms with E-state index in [1.54, 1.807) is 18.3 Å². The van der Waals surface area contributed by atoms with E-state index in [2.05, 4.69) is 25.6 Å². The first-order chi connectivity index (χ1) is 18.9. The molecule has 39 heavy (non-hydrogen) atoms. The molecule has 1 aromatic carbocycles. The van der Waals surface area contributed by atoms with Gasteiger partial charge in [0.25, 0.3) is 5.88 Å². The highest BCUT2D eigenvalue weighted by molar-refractivity contribution is 6.17. The monoisotopic (exact) mass is 533 g/mol. The summed E-state index contributed by atoms with van der Waals surface area (Å²) in [5, 5.41) is 5.41. The zero-order chi connectivity index (χ0) is 27.6. The van der Waals surface area contributed by atoms with Gasteiger partial charge in [0, 0.05) is 30.1 Å². The Morgan fingerprint density at radius 3 is 2.26 bits per heavy atom. The molecule has 2 amide bonds. The molecule has 12 heteroatoms. The Morgan fingerprint density at radius 1 is 0.872 bits per heavy atom. The Balaban J connectivity index is 1.34. The molecule has 2 N–H and O–H groups in total. The topological polar surface area (TPSA) is 134 Å². The number of aromatic nitrogens is 3. The number of amides is 2. The number of rotatable bonds is 9. The number of nitrogens with one attached hydrogen (secondary N) is 2. The Kier molecular flexibility index (Phi) is 6.84. The van der Waals surface area contributed by atoms with Gasteiger partial charge >= 0.3 is 0 Å². The highest BCUT2D eigenvalue weighted by Crippen LogP contribution is 2.48. The largest absolute Gasteiger partial charge is 0.494 e. The molecule has 0 spiro atoms. The summed E-state index contributed by atoms with van der Waals surface area (Å²) in [6.07, 6.45) is 3.68. The fourth-order valence-corrected chi connectivity index (χ4v) is 3.95. The number of hydrogen-bond donors (Lipinski definition) is 2. The minimum absolute atomic E-state index is 0.170. The lowest BCUT2D eigenvalue weighted by atomic mass is 10.0. The maximum Gasteiger partial charge on any atom is 0.257 e. The van der Waals surface area contributed by atoms with Crippen LogP contribution in [0.25, 0.3) is 11.0 Å². The number of halogens is 1. The summed E-state index contributed by atoms with van der Waals surface area (Å²) in [6, 6.07) is 10.1. The predicted molar refractivity (Wildman–Crippen MR) is 139 cm³/mol. The minimum Gasteiger partial charge on any atom is -0.494 e. The molecule has 200 valence electrons. The van der Waals surface area contributed by atoms with E-state index in [9.17, 15) is 14.0 Å². The van der Waals surface area contributed by atoms with E-state index in [1.165, 1.54) is 57.9 Å². The van der Waals surface area contributed by atoms with Crippen LogP contribution in [0.5, 0.6) is 29.0 Å². The van der Waals surface area contributed by atoms with Crippen LogP contribution in [-0.2, 0) is 9.59 Å². The fourth-order valence-electron chi connectivity index (χ4n) is 3.95. The highest BCUT2D eigenvalue weighted by atomic mass is 19.1. The van der Waals surface area contributed by atoms with Gasteiger partial charge in [0.15, 0.2) is 11.5 Å². The van der Waals surface area contributed by atoms with E-state index < -0.39 is 23.0 Å². The van der Waals surface area contributed by atoms with Gasteiger partial charge in [-0.3, -0.25) is 14.6 Å². The van der Waals surface area contributed by atoms with Crippen molar-refractivity contribution in [2.24, 2.45) is 5.41 Å². The van der Waals surface area contributed by atoms with Crippen LogP contribution >= 0.6 is 0 Å². The van der Waals surface area contributed by atoms with E-state index >= 15 is 0 Å². The number of pyridine rings is 3. The maximum absolute atomic E-state index is 13.2. The fraction of sp³-hybridized carbons (Fsp3) is 0.222. The van der Waals surface area contributed by atoms with Crippen molar-refractivity contribution >= 4 is 34.2 Å². The summed E-state index contributed by atoms with van der Waals surface area (Å²) in [5.74, 6) is 0.105. The van der Waals surface area contributed by atoms with Crippen LogP contribution in [0.15, 0.2) is 54.9 Å². The first kappa shape index (κ1) is 25.6. The Hall–Kier alpha value is -5.00.